The van der Waals surface area contributed by atoms with Gasteiger partial charge in [0.15, 0.2) is 0 Å². The number of aryl methyl sites for hydroxylation is 1. The second kappa shape index (κ2) is 8.68. The van der Waals surface area contributed by atoms with E-state index >= 15 is 0 Å². The second-order valence-corrected chi connectivity index (χ2v) is 6.96. The molecular weight excluding hydrogens is 362 g/mol. The van der Waals surface area contributed by atoms with Crippen molar-refractivity contribution in [3.63, 3.8) is 0 Å². The Hall–Kier alpha value is -2.86. The lowest BCUT2D eigenvalue weighted by Gasteiger charge is -2.13. The Bertz CT molecular complexity index is 935. The number of hydrogen-bond acceptors (Lipinski definition) is 5. The van der Waals surface area contributed by atoms with Crippen LogP contribution in [0.15, 0.2) is 47.8 Å². The summed E-state index contributed by atoms with van der Waals surface area (Å²) in [6.45, 7) is 4.93. The monoisotopic (exact) mass is 383 g/mol. The summed E-state index contributed by atoms with van der Waals surface area (Å²) in [5, 5.41) is 11.4. The van der Waals surface area contributed by atoms with Crippen LogP contribution in [0.4, 0.5) is 0 Å². The molecule has 140 valence electrons. The predicted molar refractivity (Wildman–Crippen MR) is 106 cm³/mol. The van der Waals surface area contributed by atoms with Crippen LogP contribution in [0.3, 0.4) is 0 Å². The fourth-order valence-corrected chi connectivity index (χ4v) is 3.47. The average molecular weight is 383 g/mol. The predicted octanol–water partition coefficient (Wildman–Crippen LogP) is 4.51. The van der Waals surface area contributed by atoms with E-state index in [9.17, 15) is 4.79 Å². The van der Waals surface area contributed by atoms with E-state index in [2.05, 4.69) is 18.0 Å². The van der Waals surface area contributed by atoms with E-state index in [-0.39, 0.29) is 6.42 Å². The molecule has 0 aliphatic carbocycles. The van der Waals surface area contributed by atoms with Crippen LogP contribution < -0.4 is 9.47 Å². The highest BCUT2D eigenvalue weighted by Crippen LogP contribution is 2.32. The summed E-state index contributed by atoms with van der Waals surface area (Å²) in [6, 6.07) is 13.6. The van der Waals surface area contributed by atoms with Crippen molar-refractivity contribution in [3.8, 4) is 22.1 Å². The van der Waals surface area contributed by atoms with Gasteiger partial charge in [0.2, 0.25) is 0 Å². The number of rotatable bonds is 8. The van der Waals surface area contributed by atoms with Gasteiger partial charge in [-0.1, -0.05) is 24.3 Å². The molecule has 0 unspecified atom stereocenters. The van der Waals surface area contributed by atoms with Gasteiger partial charge >= 0.3 is 5.97 Å². The highest BCUT2D eigenvalue weighted by atomic mass is 32.1. The molecule has 3 aromatic rings. The normalized spacial score (nSPS) is 10.6. The third-order valence-electron chi connectivity index (χ3n) is 4.15. The minimum atomic E-state index is -0.889. The van der Waals surface area contributed by atoms with Crippen LogP contribution in [0.1, 0.15) is 16.8 Å². The number of benzene rings is 2. The molecular formula is C21H21NO4S. The molecule has 0 atom stereocenters. The lowest BCUT2D eigenvalue weighted by Crippen LogP contribution is -2.10. The van der Waals surface area contributed by atoms with E-state index < -0.39 is 5.97 Å². The van der Waals surface area contributed by atoms with Crippen LogP contribution in [0.5, 0.6) is 11.5 Å². The Kier molecular flexibility index (Phi) is 6.08. The highest BCUT2D eigenvalue weighted by molar-refractivity contribution is 7.13. The molecule has 0 saturated carbocycles. The fourth-order valence-electron chi connectivity index (χ4n) is 2.62. The summed E-state index contributed by atoms with van der Waals surface area (Å²) in [5.74, 6) is 0.684. The summed E-state index contributed by atoms with van der Waals surface area (Å²) < 4.78 is 11.7. The van der Waals surface area contributed by atoms with Crippen LogP contribution in [0.2, 0.25) is 0 Å². The Morgan fingerprint density at radius 2 is 1.74 bits per heavy atom. The standard InChI is InChI=1S/C21H21NO4S/c1-14-6-5-9-18(15(14)2)25-10-11-26-19-8-4-3-7-17(19)21-22-16(13-27-21)12-20(23)24/h3-9,13H,10-12H2,1-2H3,(H,23,24). The minimum absolute atomic E-state index is 0.0802. The Balaban J connectivity index is 1.63. The quantitative estimate of drug-likeness (QED) is 0.580. The maximum atomic E-state index is 10.8. The summed E-state index contributed by atoms with van der Waals surface area (Å²) in [6.07, 6.45) is -0.0802. The van der Waals surface area contributed by atoms with Gasteiger partial charge in [-0.2, -0.15) is 0 Å². The van der Waals surface area contributed by atoms with Crippen molar-refractivity contribution >= 4 is 17.3 Å². The van der Waals surface area contributed by atoms with Crippen LogP contribution in [-0.4, -0.2) is 29.3 Å². The molecule has 0 bridgehead atoms. The van der Waals surface area contributed by atoms with Gasteiger partial charge in [0.25, 0.3) is 0 Å². The number of carboxylic acids is 1. The molecule has 1 N–H and O–H groups in total. The molecule has 0 aliphatic rings. The summed E-state index contributed by atoms with van der Waals surface area (Å²) in [5.41, 5.74) is 3.73. The first-order valence-electron chi connectivity index (χ1n) is 8.62. The number of thiazole rings is 1. The van der Waals surface area contributed by atoms with Gasteiger partial charge in [-0.25, -0.2) is 4.98 Å². The number of nitrogens with zero attached hydrogens (tertiary/aromatic N) is 1. The number of carbonyl (C=O) groups is 1. The van der Waals surface area contributed by atoms with E-state index in [1.54, 1.807) is 5.38 Å². The van der Waals surface area contributed by atoms with Crippen molar-refractivity contribution in [1.29, 1.82) is 0 Å². The van der Waals surface area contributed by atoms with Crippen LogP contribution in [-0.2, 0) is 11.2 Å². The van der Waals surface area contributed by atoms with Crippen molar-refractivity contribution in [1.82, 2.24) is 4.98 Å². The van der Waals surface area contributed by atoms with E-state index in [1.807, 2.05) is 43.3 Å². The fraction of sp³-hybridized carbons (Fsp3) is 0.238. The number of ether oxygens (including phenoxy) is 2. The molecule has 0 saturated heterocycles. The third-order valence-corrected chi connectivity index (χ3v) is 5.08. The molecule has 27 heavy (non-hydrogen) atoms. The molecule has 2 aromatic carbocycles. The molecule has 0 amide bonds. The smallest absolute Gasteiger partial charge is 0.309 e. The Morgan fingerprint density at radius 1 is 1.04 bits per heavy atom. The molecule has 0 fully saturated rings. The van der Waals surface area contributed by atoms with Gasteiger partial charge in [0.05, 0.1) is 17.7 Å². The maximum absolute atomic E-state index is 10.8. The van der Waals surface area contributed by atoms with E-state index in [4.69, 9.17) is 14.6 Å². The number of carboxylic acid groups (broad SMARTS) is 1. The SMILES string of the molecule is Cc1cccc(OCCOc2ccccc2-c2nc(CC(=O)O)cs2)c1C. The first-order valence-corrected chi connectivity index (χ1v) is 9.50. The van der Waals surface area contributed by atoms with Gasteiger partial charge in [-0.15, -0.1) is 11.3 Å². The minimum Gasteiger partial charge on any atom is -0.490 e. The van der Waals surface area contributed by atoms with Gasteiger partial charge in [0.1, 0.15) is 29.7 Å². The Morgan fingerprint density at radius 3 is 2.52 bits per heavy atom. The number of hydrogen-bond donors (Lipinski definition) is 1. The van der Waals surface area contributed by atoms with Crippen LogP contribution >= 0.6 is 11.3 Å². The van der Waals surface area contributed by atoms with Crippen molar-refractivity contribution in [3.05, 3.63) is 64.7 Å². The van der Waals surface area contributed by atoms with Crippen LogP contribution in [0.25, 0.3) is 10.6 Å². The van der Waals surface area contributed by atoms with Gasteiger partial charge < -0.3 is 14.6 Å². The Labute approximate surface area is 162 Å². The summed E-state index contributed by atoms with van der Waals surface area (Å²) in [7, 11) is 0. The van der Waals surface area contributed by atoms with Crippen molar-refractivity contribution in [2.75, 3.05) is 13.2 Å². The molecule has 5 nitrogen and oxygen atoms in total. The second-order valence-electron chi connectivity index (χ2n) is 6.11. The van der Waals surface area contributed by atoms with E-state index in [1.165, 1.54) is 16.9 Å². The lowest BCUT2D eigenvalue weighted by molar-refractivity contribution is -0.136. The molecule has 0 spiro atoms. The summed E-state index contributed by atoms with van der Waals surface area (Å²) in [4.78, 5) is 15.2. The highest BCUT2D eigenvalue weighted by Gasteiger charge is 2.12. The number of para-hydroxylation sites is 1. The first-order chi connectivity index (χ1) is 13.0. The molecule has 1 heterocycles. The number of aliphatic carboxylic acids is 1. The maximum Gasteiger partial charge on any atom is 0.309 e. The molecule has 0 aliphatic heterocycles. The zero-order valence-corrected chi connectivity index (χ0v) is 16.1. The lowest BCUT2D eigenvalue weighted by atomic mass is 10.1. The molecule has 6 heteroatoms. The summed E-state index contributed by atoms with van der Waals surface area (Å²) >= 11 is 1.41. The van der Waals surface area contributed by atoms with E-state index in [0.717, 1.165) is 21.9 Å². The van der Waals surface area contributed by atoms with E-state index in [0.29, 0.717) is 24.7 Å². The van der Waals surface area contributed by atoms with Crippen molar-refractivity contribution < 1.29 is 19.4 Å². The van der Waals surface area contributed by atoms with Crippen LogP contribution in [0, 0.1) is 13.8 Å². The molecule has 1 aromatic heterocycles. The van der Waals surface area contributed by atoms with Gasteiger partial charge in [-0.3, -0.25) is 4.79 Å². The molecule has 3 rings (SSSR count). The molecule has 0 radical (unpaired) electrons. The third kappa shape index (κ3) is 4.86. The average Bonchev–Trinajstić information content (AvgIpc) is 3.10. The van der Waals surface area contributed by atoms with Gasteiger partial charge in [-0.05, 0) is 43.2 Å². The topological polar surface area (TPSA) is 68.7 Å². The van der Waals surface area contributed by atoms with Crippen molar-refractivity contribution in [2.24, 2.45) is 0 Å². The largest absolute Gasteiger partial charge is 0.490 e. The zero-order valence-electron chi connectivity index (χ0n) is 15.3. The number of aromatic nitrogens is 1. The first kappa shape index (κ1) is 18.9. The zero-order chi connectivity index (χ0) is 19.2. The van der Waals surface area contributed by atoms with Crippen molar-refractivity contribution in [2.45, 2.75) is 20.3 Å². The van der Waals surface area contributed by atoms with Gasteiger partial charge in [0, 0.05) is 5.38 Å².